The monoisotopic (exact) mass is 304 g/mol. The summed E-state index contributed by atoms with van der Waals surface area (Å²) in [5, 5.41) is 9.51. The van der Waals surface area contributed by atoms with Gasteiger partial charge in [0.15, 0.2) is 11.5 Å². The van der Waals surface area contributed by atoms with Gasteiger partial charge in [0.2, 0.25) is 0 Å². The van der Waals surface area contributed by atoms with Crippen molar-refractivity contribution in [3.05, 3.63) is 35.9 Å². The minimum Gasteiger partial charge on any atom is -0.497 e. The van der Waals surface area contributed by atoms with Crippen LogP contribution in [0.1, 0.15) is 5.56 Å². The first-order valence-electron chi connectivity index (χ1n) is 6.77. The molecule has 0 spiro atoms. The first-order valence-corrected chi connectivity index (χ1v) is 6.77. The van der Waals surface area contributed by atoms with E-state index in [1.165, 1.54) is 0 Å². The Bertz CT molecular complexity index is 634. The fourth-order valence-electron chi connectivity index (χ4n) is 2.40. The van der Waals surface area contributed by atoms with Crippen LogP contribution in [0, 0.1) is 0 Å². The Labute approximate surface area is 130 Å². The molecule has 0 saturated heterocycles. The average molecular weight is 304 g/mol. The van der Waals surface area contributed by atoms with E-state index >= 15 is 0 Å². The summed E-state index contributed by atoms with van der Waals surface area (Å²) in [4.78, 5) is 0. The molecule has 0 bridgehead atoms. The van der Waals surface area contributed by atoms with E-state index in [-0.39, 0.29) is 6.61 Å². The molecule has 2 aromatic carbocycles. The number of aliphatic hydroxyl groups is 1. The maximum atomic E-state index is 9.51. The van der Waals surface area contributed by atoms with Gasteiger partial charge in [-0.25, -0.2) is 0 Å². The van der Waals surface area contributed by atoms with Crippen molar-refractivity contribution < 1.29 is 24.1 Å². The van der Waals surface area contributed by atoms with Crippen molar-refractivity contribution in [1.29, 1.82) is 0 Å². The van der Waals surface area contributed by atoms with Gasteiger partial charge in [0.1, 0.15) is 11.5 Å². The van der Waals surface area contributed by atoms with Crippen LogP contribution in [0.4, 0.5) is 0 Å². The van der Waals surface area contributed by atoms with Crippen LogP contribution >= 0.6 is 0 Å². The summed E-state index contributed by atoms with van der Waals surface area (Å²) in [5.41, 5.74) is 2.27. The second-order valence-corrected chi connectivity index (χ2v) is 4.57. The summed E-state index contributed by atoms with van der Waals surface area (Å²) >= 11 is 0. The van der Waals surface area contributed by atoms with E-state index < -0.39 is 0 Å². The van der Waals surface area contributed by atoms with Crippen LogP contribution in [-0.4, -0.2) is 33.5 Å². The Balaban J connectivity index is 2.70. The smallest absolute Gasteiger partial charge is 0.172 e. The Morgan fingerprint density at radius 3 is 1.91 bits per heavy atom. The SMILES string of the molecule is COc1ccc(-c2c(OC)cc(CO)c(OC)c2OC)cc1. The summed E-state index contributed by atoms with van der Waals surface area (Å²) < 4.78 is 21.6. The van der Waals surface area contributed by atoms with Gasteiger partial charge in [0.05, 0.1) is 40.6 Å². The van der Waals surface area contributed by atoms with Crippen LogP contribution in [0.5, 0.6) is 23.0 Å². The van der Waals surface area contributed by atoms with Crippen molar-refractivity contribution in [3.63, 3.8) is 0 Å². The lowest BCUT2D eigenvalue weighted by molar-refractivity contribution is 0.268. The first kappa shape index (κ1) is 16.0. The molecule has 0 heterocycles. The third-order valence-corrected chi connectivity index (χ3v) is 3.45. The van der Waals surface area contributed by atoms with E-state index in [1.807, 2.05) is 24.3 Å². The van der Waals surface area contributed by atoms with Crippen LogP contribution in [0.15, 0.2) is 30.3 Å². The summed E-state index contributed by atoms with van der Waals surface area (Å²) in [5.74, 6) is 2.39. The van der Waals surface area contributed by atoms with E-state index in [9.17, 15) is 5.11 Å². The van der Waals surface area contributed by atoms with Gasteiger partial charge in [0.25, 0.3) is 0 Å². The molecule has 0 amide bonds. The zero-order valence-electron chi connectivity index (χ0n) is 13.2. The zero-order valence-corrected chi connectivity index (χ0v) is 13.2. The third kappa shape index (κ3) is 2.80. The molecule has 0 aliphatic carbocycles. The molecule has 5 nitrogen and oxygen atoms in total. The highest BCUT2D eigenvalue weighted by Gasteiger charge is 2.21. The molecule has 0 unspecified atom stereocenters. The second kappa shape index (κ2) is 7.04. The van der Waals surface area contributed by atoms with Gasteiger partial charge >= 0.3 is 0 Å². The Hall–Kier alpha value is -2.40. The van der Waals surface area contributed by atoms with Crippen LogP contribution < -0.4 is 18.9 Å². The summed E-state index contributed by atoms with van der Waals surface area (Å²) in [7, 11) is 6.30. The lowest BCUT2D eigenvalue weighted by Crippen LogP contribution is -2.01. The van der Waals surface area contributed by atoms with Crippen molar-refractivity contribution in [2.24, 2.45) is 0 Å². The van der Waals surface area contributed by atoms with E-state index in [2.05, 4.69) is 0 Å². The normalized spacial score (nSPS) is 10.2. The largest absolute Gasteiger partial charge is 0.497 e. The molecule has 2 aromatic rings. The lowest BCUT2D eigenvalue weighted by Gasteiger charge is -2.19. The number of hydrogen-bond acceptors (Lipinski definition) is 5. The van der Waals surface area contributed by atoms with Gasteiger partial charge in [-0.15, -0.1) is 0 Å². The molecule has 0 radical (unpaired) electrons. The van der Waals surface area contributed by atoms with Crippen LogP contribution in [-0.2, 0) is 6.61 Å². The van der Waals surface area contributed by atoms with Gasteiger partial charge in [-0.1, -0.05) is 12.1 Å². The molecule has 0 atom stereocenters. The third-order valence-electron chi connectivity index (χ3n) is 3.45. The molecule has 1 N–H and O–H groups in total. The Morgan fingerprint density at radius 1 is 0.818 bits per heavy atom. The van der Waals surface area contributed by atoms with Gasteiger partial charge in [-0.2, -0.15) is 0 Å². The number of aliphatic hydroxyl groups excluding tert-OH is 1. The molecule has 22 heavy (non-hydrogen) atoms. The Morgan fingerprint density at radius 2 is 1.45 bits per heavy atom. The molecule has 118 valence electrons. The highest BCUT2D eigenvalue weighted by atomic mass is 16.5. The summed E-state index contributed by atoms with van der Waals surface area (Å²) in [6, 6.07) is 9.30. The van der Waals surface area contributed by atoms with Crippen LogP contribution in [0.25, 0.3) is 11.1 Å². The maximum Gasteiger partial charge on any atom is 0.172 e. The van der Waals surface area contributed by atoms with Crippen molar-refractivity contribution in [2.45, 2.75) is 6.61 Å². The van der Waals surface area contributed by atoms with Crippen molar-refractivity contribution in [3.8, 4) is 34.1 Å². The molecular formula is C17H20O5. The van der Waals surface area contributed by atoms with E-state index in [4.69, 9.17) is 18.9 Å². The van der Waals surface area contributed by atoms with E-state index in [0.29, 0.717) is 22.8 Å². The first-order chi connectivity index (χ1) is 10.7. The van der Waals surface area contributed by atoms with Crippen molar-refractivity contribution >= 4 is 0 Å². The zero-order chi connectivity index (χ0) is 16.1. The summed E-state index contributed by atoms with van der Waals surface area (Å²) in [6.45, 7) is -0.168. The highest BCUT2D eigenvalue weighted by molar-refractivity contribution is 5.81. The second-order valence-electron chi connectivity index (χ2n) is 4.57. The maximum absolute atomic E-state index is 9.51. The molecule has 0 aliphatic heterocycles. The van der Waals surface area contributed by atoms with E-state index in [1.54, 1.807) is 34.5 Å². The fourth-order valence-corrected chi connectivity index (χ4v) is 2.40. The quantitative estimate of drug-likeness (QED) is 0.889. The molecular weight excluding hydrogens is 284 g/mol. The van der Waals surface area contributed by atoms with Crippen LogP contribution in [0.2, 0.25) is 0 Å². The average Bonchev–Trinajstić information content (AvgIpc) is 2.59. The standard InChI is InChI=1S/C17H20O5/c1-19-13-7-5-11(6-8-13)15-14(20-2)9-12(10-18)16(21-3)17(15)22-4/h5-9,18H,10H2,1-4H3. The number of ether oxygens (including phenoxy) is 4. The molecule has 5 heteroatoms. The molecule has 0 saturated carbocycles. The minimum absolute atomic E-state index is 0.168. The van der Waals surface area contributed by atoms with Crippen LogP contribution in [0.3, 0.4) is 0 Å². The topological polar surface area (TPSA) is 57.2 Å². The summed E-state index contributed by atoms with van der Waals surface area (Å²) in [6.07, 6.45) is 0. The number of hydrogen-bond donors (Lipinski definition) is 1. The minimum atomic E-state index is -0.168. The highest BCUT2D eigenvalue weighted by Crippen LogP contribution is 2.47. The molecule has 2 rings (SSSR count). The number of rotatable bonds is 6. The Kier molecular flexibility index (Phi) is 5.12. The number of methoxy groups -OCH3 is 4. The molecule has 0 aliphatic rings. The van der Waals surface area contributed by atoms with Gasteiger partial charge in [-0.3, -0.25) is 0 Å². The van der Waals surface area contributed by atoms with E-state index in [0.717, 1.165) is 16.9 Å². The fraction of sp³-hybridized carbons (Fsp3) is 0.294. The van der Waals surface area contributed by atoms with Gasteiger partial charge in [0, 0.05) is 5.56 Å². The van der Waals surface area contributed by atoms with Crippen molar-refractivity contribution in [1.82, 2.24) is 0 Å². The predicted molar refractivity (Wildman–Crippen MR) is 84.0 cm³/mol. The lowest BCUT2D eigenvalue weighted by atomic mass is 10.00. The number of benzene rings is 2. The van der Waals surface area contributed by atoms with Gasteiger partial charge < -0.3 is 24.1 Å². The molecule has 0 fully saturated rings. The van der Waals surface area contributed by atoms with Crippen molar-refractivity contribution in [2.75, 3.05) is 28.4 Å². The molecule has 0 aromatic heterocycles. The predicted octanol–water partition coefficient (Wildman–Crippen LogP) is 2.88. The van der Waals surface area contributed by atoms with Gasteiger partial charge in [-0.05, 0) is 23.8 Å².